The van der Waals surface area contributed by atoms with E-state index in [4.69, 9.17) is 0 Å². The largest absolute Gasteiger partial charge is 0.339 e. The number of rotatable bonds is 1. The van der Waals surface area contributed by atoms with E-state index in [9.17, 15) is 4.79 Å². The van der Waals surface area contributed by atoms with Gasteiger partial charge in [0.2, 0.25) is 5.91 Å². The summed E-state index contributed by atoms with van der Waals surface area (Å²) in [4.78, 5) is 13.7. The lowest BCUT2D eigenvalue weighted by Gasteiger charge is -2.21. The van der Waals surface area contributed by atoms with Gasteiger partial charge < -0.3 is 4.90 Å². The van der Waals surface area contributed by atoms with E-state index in [-0.39, 0.29) is 5.91 Å². The summed E-state index contributed by atoms with van der Waals surface area (Å²) in [7, 11) is 0. The van der Waals surface area contributed by atoms with E-state index < -0.39 is 0 Å². The van der Waals surface area contributed by atoms with Crippen molar-refractivity contribution in [1.82, 2.24) is 4.90 Å². The maximum atomic E-state index is 11.8. The first-order valence-electron chi connectivity index (χ1n) is 4.54. The van der Waals surface area contributed by atoms with Gasteiger partial charge in [-0.15, -0.1) is 0 Å². The predicted octanol–water partition coefficient (Wildman–Crippen LogP) is 1.18. The van der Waals surface area contributed by atoms with Gasteiger partial charge >= 0.3 is 0 Å². The van der Waals surface area contributed by atoms with Gasteiger partial charge in [0.15, 0.2) is 0 Å². The first-order valence-corrected chi connectivity index (χ1v) is 4.54. The van der Waals surface area contributed by atoms with Crippen LogP contribution in [0.2, 0.25) is 0 Å². The molecule has 1 fully saturated rings. The van der Waals surface area contributed by atoms with Gasteiger partial charge in [-0.1, -0.05) is 12.2 Å². The molecule has 0 bridgehead atoms. The molecule has 1 amide bonds. The standard InChI is InChI=1S/C11H12NO/c1-2-12-8-4-6-9-5-3-7-10(9)11(12)13/h3-7H,2,8H2,1H3. The molecule has 0 unspecified atom stereocenters. The maximum Gasteiger partial charge on any atom is 0.231 e. The average molecular weight is 174 g/mol. The van der Waals surface area contributed by atoms with E-state index in [1.54, 1.807) is 0 Å². The highest BCUT2D eigenvalue weighted by atomic mass is 16.2. The van der Waals surface area contributed by atoms with Crippen molar-refractivity contribution in [1.29, 1.82) is 0 Å². The molecule has 1 saturated carbocycles. The molecule has 0 aromatic rings. The summed E-state index contributed by atoms with van der Waals surface area (Å²) in [6.07, 6.45) is 9.83. The fourth-order valence-electron chi connectivity index (χ4n) is 1.61. The van der Waals surface area contributed by atoms with Crippen LogP contribution in [0.5, 0.6) is 0 Å². The number of nitrogens with zero attached hydrogens (tertiary/aromatic N) is 1. The third-order valence-corrected chi connectivity index (χ3v) is 2.37. The zero-order valence-corrected chi connectivity index (χ0v) is 7.66. The molecular formula is C11H12NO. The Hall–Kier alpha value is -0.790. The van der Waals surface area contributed by atoms with E-state index in [0.29, 0.717) is 0 Å². The molecule has 1 aliphatic heterocycles. The first kappa shape index (κ1) is 8.79. The van der Waals surface area contributed by atoms with Crippen molar-refractivity contribution in [3.63, 3.8) is 0 Å². The van der Waals surface area contributed by atoms with Gasteiger partial charge in [-0.2, -0.15) is 0 Å². The summed E-state index contributed by atoms with van der Waals surface area (Å²) < 4.78 is 0. The summed E-state index contributed by atoms with van der Waals surface area (Å²) >= 11 is 0. The van der Waals surface area contributed by atoms with E-state index in [1.165, 1.54) is 0 Å². The molecule has 2 heteroatoms. The molecule has 1 aliphatic carbocycles. The Morgan fingerprint density at radius 1 is 1.46 bits per heavy atom. The Morgan fingerprint density at radius 3 is 3.08 bits per heavy atom. The number of fused-ring (bicyclic) bond motifs is 1. The highest BCUT2D eigenvalue weighted by Gasteiger charge is 2.36. The minimum atomic E-state index is 0.146. The molecule has 0 aromatic heterocycles. The molecule has 2 nitrogen and oxygen atoms in total. The van der Waals surface area contributed by atoms with Gasteiger partial charge in [-0.3, -0.25) is 4.79 Å². The number of likely N-dealkylation sites (N-methyl/N-ethyl adjacent to an activating group) is 1. The van der Waals surface area contributed by atoms with Crippen molar-refractivity contribution in [2.24, 2.45) is 0 Å². The molecule has 13 heavy (non-hydrogen) atoms. The Labute approximate surface area is 79.6 Å². The van der Waals surface area contributed by atoms with Gasteiger partial charge in [-0.05, 0) is 26.2 Å². The highest BCUT2D eigenvalue weighted by molar-refractivity contribution is 5.98. The number of hydrogen-bond acceptors (Lipinski definition) is 1. The lowest BCUT2D eigenvalue weighted by atomic mass is 9.95. The van der Waals surface area contributed by atoms with Gasteiger partial charge in [0.05, 0.1) is 5.92 Å². The zero-order valence-electron chi connectivity index (χ0n) is 7.66. The van der Waals surface area contributed by atoms with Crippen LogP contribution in [0.25, 0.3) is 0 Å². The molecule has 0 N–H and O–H groups in total. The molecule has 0 atom stereocenters. The van der Waals surface area contributed by atoms with E-state index >= 15 is 0 Å². The number of amides is 1. The molecule has 5 radical (unpaired) electrons. The monoisotopic (exact) mass is 174 g/mol. The quantitative estimate of drug-likeness (QED) is 0.584. The summed E-state index contributed by atoms with van der Waals surface area (Å²) in [5.41, 5.74) is 0. The van der Waals surface area contributed by atoms with E-state index in [1.807, 2.05) is 43.2 Å². The van der Waals surface area contributed by atoms with Gasteiger partial charge in [0, 0.05) is 19.0 Å². The summed E-state index contributed by atoms with van der Waals surface area (Å²) in [6.45, 7) is 3.50. The average Bonchev–Trinajstić information content (AvgIpc) is 2.54. The van der Waals surface area contributed by atoms with Crippen LogP contribution >= 0.6 is 0 Å². The van der Waals surface area contributed by atoms with Crippen molar-refractivity contribution in [2.45, 2.75) is 6.92 Å². The van der Waals surface area contributed by atoms with E-state index in [0.717, 1.165) is 24.9 Å². The van der Waals surface area contributed by atoms with Crippen LogP contribution in [0, 0.1) is 31.1 Å². The third-order valence-electron chi connectivity index (χ3n) is 2.37. The van der Waals surface area contributed by atoms with Crippen LogP contribution in [0.15, 0.2) is 12.2 Å². The topological polar surface area (TPSA) is 20.3 Å². The molecule has 67 valence electrons. The Kier molecular flexibility index (Phi) is 2.38. The molecule has 0 saturated heterocycles. The molecular weight excluding hydrogens is 162 g/mol. The highest BCUT2D eigenvalue weighted by Crippen LogP contribution is 2.36. The van der Waals surface area contributed by atoms with Crippen LogP contribution in [-0.4, -0.2) is 23.9 Å². The normalized spacial score (nSPS) is 25.0. The van der Waals surface area contributed by atoms with Crippen LogP contribution in [0.3, 0.4) is 0 Å². The fraction of sp³-hybridized carbons (Fsp3) is 0.273. The maximum absolute atomic E-state index is 11.8. The first-order chi connectivity index (χ1) is 6.33. The minimum absolute atomic E-state index is 0.146. The van der Waals surface area contributed by atoms with Crippen molar-refractivity contribution >= 4 is 5.91 Å². The Morgan fingerprint density at radius 2 is 2.31 bits per heavy atom. The SMILES string of the molecule is CCN1CC=C[C]2[CH][CH][CH][C]2C1=O. The van der Waals surface area contributed by atoms with Crippen molar-refractivity contribution in [3.8, 4) is 0 Å². The van der Waals surface area contributed by atoms with Crippen LogP contribution in [-0.2, 0) is 4.79 Å². The minimum Gasteiger partial charge on any atom is -0.339 e. The zero-order chi connectivity index (χ0) is 9.26. The number of carbonyl (C=O) groups excluding carboxylic acids is 1. The van der Waals surface area contributed by atoms with Crippen LogP contribution < -0.4 is 0 Å². The molecule has 0 aromatic carbocycles. The second-order valence-electron chi connectivity index (χ2n) is 3.14. The number of carbonyl (C=O) groups is 1. The van der Waals surface area contributed by atoms with Crippen molar-refractivity contribution < 1.29 is 4.79 Å². The lowest BCUT2D eigenvalue weighted by molar-refractivity contribution is -0.127. The van der Waals surface area contributed by atoms with Crippen LogP contribution in [0.4, 0.5) is 0 Å². The molecule has 2 rings (SSSR count). The second kappa shape index (κ2) is 3.52. The summed E-state index contributed by atoms with van der Waals surface area (Å²) in [5.74, 6) is 2.02. The van der Waals surface area contributed by atoms with Gasteiger partial charge in [-0.25, -0.2) is 0 Å². The summed E-state index contributed by atoms with van der Waals surface area (Å²) in [6, 6.07) is 0. The van der Waals surface area contributed by atoms with Crippen LogP contribution in [0.1, 0.15) is 6.92 Å². The number of allylic oxidation sites excluding steroid dienone is 1. The second-order valence-corrected chi connectivity index (χ2v) is 3.14. The molecule has 2 aliphatic rings. The Balaban J connectivity index is 2.17. The molecule has 0 spiro atoms. The van der Waals surface area contributed by atoms with E-state index in [2.05, 4.69) is 0 Å². The van der Waals surface area contributed by atoms with Gasteiger partial charge in [0.1, 0.15) is 0 Å². The molecule has 1 heterocycles. The van der Waals surface area contributed by atoms with Crippen molar-refractivity contribution in [2.75, 3.05) is 13.1 Å². The fourth-order valence-corrected chi connectivity index (χ4v) is 1.61. The third kappa shape index (κ3) is 1.50. The number of hydrogen-bond donors (Lipinski definition) is 0. The van der Waals surface area contributed by atoms with Crippen molar-refractivity contribution in [3.05, 3.63) is 43.3 Å². The Bertz CT molecular complexity index is 234. The predicted molar refractivity (Wildman–Crippen MR) is 50.8 cm³/mol. The smallest absolute Gasteiger partial charge is 0.231 e. The van der Waals surface area contributed by atoms with Gasteiger partial charge in [0.25, 0.3) is 0 Å². The lowest BCUT2D eigenvalue weighted by Crippen LogP contribution is -2.34. The summed E-state index contributed by atoms with van der Waals surface area (Å²) in [5, 5.41) is 0.